The van der Waals surface area contributed by atoms with Gasteiger partial charge in [-0.2, -0.15) is 0 Å². The largest absolute Gasteiger partial charge is 0.490 e. The number of hydrogen-bond donors (Lipinski definition) is 1. The number of anilines is 1. The van der Waals surface area contributed by atoms with Gasteiger partial charge in [-0.25, -0.2) is 4.98 Å². The molecule has 0 fully saturated rings. The fraction of sp³-hybridized carbons (Fsp3) is 0.333. The summed E-state index contributed by atoms with van der Waals surface area (Å²) in [6, 6.07) is 11.6. The lowest BCUT2D eigenvalue weighted by Crippen LogP contribution is -2.13. The summed E-state index contributed by atoms with van der Waals surface area (Å²) in [5, 5.41) is 5.35. The summed E-state index contributed by atoms with van der Waals surface area (Å²) in [4.78, 5) is 17.5. The van der Waals surface area contributed by atoms with Crippen molar-refractivity contribution in [2.75, 3.05) is 25.1 Å². The molecule has 1 aromatic heterocycles. The number of benzene rings is 2. The van der Waals surface area contributed by atoms with E-state index in [1.54, 1.807) is 12.1 Å². The van der Waals surface area contributed by atoms with Crippen molar-refractivity contribution in [2.24, 2.45) is 0 Å². The van der Waals surface area contributed by atoms with Gasteiger partial charge >= 0.3 is 0 Å². The van der Waals surface area contributed by atoms with Crippen molar-refractivity contribution >= 4 is 22.4 Å². The van der Waals surface area contributed by atoms with E-state index >= 15 is 0 Å². The molecule has 0 saturated heterocycles. The van der Waals surface area contributed by atoms with Crippen molar-refractivity contribution in [1.29, 1.82) is 0 Å². The second-order valence-electron chi connectivity index (χ2n) is 6.64. The van der Waals surface area contributed by atoms with Crippen LogP contribution >= 0.6 is 11.3 Å². The van der Waals surface area contributed by atoms with Crippen LogP contribution in [0.3, 0.4) is 0 Å². The Balaban J connectivity index is 1.83. The molecule has 164 valence electrons. The molecule has 3 rings (SSSR count). The van der Waals surface area contributed by atoms with Crippen LogP contribution in [0.25, 0.3) is 11.3 Å². The van der Waals surface area contributed by atoms with Gasteiger partial charge in [-0.05, 0) is 44.9 Å². The second kappa shape index (κ2) is 10.8. The average Bonchev–Trinajstić information content (AvgIpc) is 3.24. The minimum Gasteiger partial charge on any atom is -0.490 e. The number of thiazole rings is 1. The molecule has 3 aromatic rings. The normalized spacial score (nSPS) is 10.6. The predicted octanol–water partition coefficient (Wildman–Crippen LogP) is 5.82. The van der Waals surface area contributed by atoms with E-state index < -0.39 is 0 Å². The molecular formula is C24H28N2O4S. The van der Waals surface area contributed by atoms with Crippen molar-refractivity contribution in [3.63, 3.8) is 0 Å². The molecule has 1 amide bonds. The van der Waals surface area contributed by atoms with E-state index in [-0.39, 0.29) is 5.91 Å². The highest BCUT2D eigenvalue weighted by atomic mass is 32.1. The van der Waals surface area contributed by atoms with Gasteiger partial charge in [-0.3, -0.25) is 10.1 Å². The van der Waals surface area contributed by atoms with Crippen molar-refractivity contribution in [2.45, 2.75) is 34.1 Å². The first-order chi connectivity index (χ1) is 15.1. The van der Waals surface area contributed by atoms with Crippen molar-refractivity contribution in [3.8, 4) is 28.5 Å². The highest BCUT2D eigenvalue weighted by Gasteiger charge is 2.19. The van der Waals surface area contributed by atoms with Gasteiger partial charge < -0.3 is 14.2 Å². The Labute approximate surface area is 187 Å². The molecule has 0 atom stereocenters. The number of ether oxygens (including phenoxy) is 3. The SMILES string of the molecule is CCOc1cc(C(=O)Nc2nc(-c3ccc(CC)cc3)cs2)cc(OCC)c1OCC. The summed E-state index contributed by atoms with van der Waals surface area (Å²) < 4.78 is 17.1. The van der Waals surface area contributed by atoms with E-state index in [0.29, 0.717) is 47.8 Å². The zero-order chi connectivity index (χ0) is 22.2. The Bertz CT molecular complexity index is 988. The summed E-state index contributed by atoms with van der Waals surface area (Å²) in [5.74, 6) is 1.19. The molecule has 0 aliphatic carbocycles. The maximum atomic E-state index is 12.9. The molecule has 0 radical (unpaired) electrons. The molecule has 1 heterocycles. The number of carbonyl (C=O) groups excluding carboxylic acids is 1. The highest BCUT2D eigenvalue weighted by Crippen LogP contribution is 2.39. The Morgan fingerprint density at radius 2 is 1.55 bits per heavy atom. The fourth-order valence-electron chi connectivity index (χ4n) is 3.06. The van der Waals surface area contributed by atoms with E-state index in [1.165, 1.54) is 16.9 Å². The monoisotopic (exact) mass is 440 g/mol. The van der Waals surface area contributed by atoms with Gasteiger partial charge in [0.25, 0.3) is 5.91 Å². The van der Waals surface area contributed by atoms with Gasteiger partial charge in [0.1, 0.15) is 0 Å². The first-order valence-corrected chi connectivity index (χ1v) is 11.4. The quantitative estimate of drug-likeness (QED) is 0.430. The minimum absolute atomic E-state index is 0.285. The van der Waals surface area contributed by atoms with Crippen LogP contribution in [0.5, 0.6) is 17.2 Å². The highest BCUT2D eigenvalue weighted by molar-refractivity contribution is 7.14. The molecule has 0 saturated carbocycles. The van der Waals surface area contributed by atoms with Gasteiger partial charge in [0, 0.05) is 16.5 Å². The zero-order valence-electron chi connectivity index (χ0n) is 18.4. The van der Waals surface area contributed by atoms with Crippen LogP contribution in [0.4, 0.5) is 5.13 Å². The van der Waals surface area contributed by atoms with E-state index in [1.807, 2.05) is 26.2 Å². The van der Waals surface area contributed by atoms with Crippen LogP contribution in [-0.4, -0.2) is 30.7 Å². The summed E-state index contributed by atoms with van der Waals surface area (Å²) >= 11 is 1.39. The molecular weight excluding hydrogens is 412 g/mol. The number of aromatic nitrogens is 1. The summed E-state index contributed by atoms with van der Waals surface area (Å²) in [6.45, 7) is 9.14. The lowest BCUT2D eigenvalue weighted by molar-refractivity contribution is 0.102. The molecule has 0 aliphatic rings. The Morgan fingerprint density at radius 3 is 2.10 bits per heavy atom. The van der Waals surface area contributed by atoms with Gasteiger partial charge in [0.2, 0.25) is 5.75 Å². The van der Waals surface area contributed by atoms with Crippen molar-refractivity contribution in [3.05, 3.63) is 52.9 Å². The second-order valence-corrected chi connectivity index (χ2v) is 7.50. The van der Waals surface area contributed by atoms with E-state index in [9.17, 15) is 4.79 Å². The zero-order valence-corrected chi connectivity index (χ0v) is 19.2. The standard InChI is InChI=1S/C24H28N2O4S/c1-5-16-9-11-17(12-10-16)19-15-31-24(25-19)26-23(27)18-13-20(28-6-2)22(30-8-4)21(14-18)29-7-3/h9-15H,5-8H2,1-4H3,(H,25,26,27). The van der Waals surface area contributed by atoms with Gasteiger partial charge in [-0.15, -0.1) is 11.3 Å². The molecule has 31 heavy (non-hydrogen) atoms. The molecule has 0 aliphatic heterocycles. The topological polar surface area (TPSA) is 69.7 Å². The smallest absolute Gasteiger partial charge is 0.257 e. The van der Waals surface area contributed by atoms with Crippen LogP contribution in [0.15, 0.2) is 41.8 Å². The Hall–Kier alpha value is -3.06. The predicted molar refractivity (Wildman–Crippen MR) is 125 cm³/mol. The summed E-state index contributed by atoms with van der Waals surface area (Å²) in [5.41, 5.74) is 3.55. The molecule has 0 bridgehead atoms. The average molecular weight is 441 g/mol. The first-order valence-electron chi connectivity index (χ1n) is 10.5. The number of nitrogens with one attached hydrogen (secondary N) is 1. The molecule has 6 nitrogen and oxygen atoms in total. The van der Waals surface area contributed by atoms with Crippen LogP contribution in [0.2, 0.25) is 0 Å². The van der Waals surface area contributed by atoms with Gasteiger partial charge in [-0.1, -0.05) is 31.2 Å². The third-order valence-corrected chi connectivity index (χ3v) is 5.31. The van der Waals surface area contributed by atoms with Crippen molar-refractivity contribution < 1.29 is 19.0 Å². The third-order valence-electron chi connectivity index (χ3n) is 4.55. The van der Waals surface area contributed by atoms with Gasteiger partial charge in [0.05, 0.1) is 25.5 Å². The molecule has 7 heteroatoms. The molecule has 2 aromatic carbocycles. The lowest BCUT2D eigenvalue weighted by atomic mass is 10.1. The number of nitrogens with zero attached hydrogens (tertiary/aromatic N) is 1. The van der Waals surface area contributed by atoms with Crippen LogP contribution in [-0.2, 0) is 6.42 Å². The van der Waals surface area contributed by atoms with Crippen LogP contribution in [0, 0.1) is 0 Å². The number of amides is 1. The first kappa shape index (κ1) is 22.6. The van der Waals surface area contributed by atoms with Crippen LogP contribution in [0.1, 0.15) is 43.6 Å². The van der Waals surface area contributed by atoms with E-state index in [4.69, 9.17) is 14.2 Å². The van der Waals surface area contributed by atoms with Gasteiger partial charge in [0.15, 0.2) is 16.6 Å². The number of carbonyl (C=O) groups is 1. The third kappa shape index (κ3) is 5.55. The Kier molecular flexibility index (Phi) is 7.89. The maximum absolute atomic E-state index is 12.9. The summed E-state index contributed by atoms with van der Waals surface area (Å²) in [6.07, 6.45) is 0.994. The number of rotatable bonds is 10. The molecule has 0 spiro atoms. The van der Waals surface area contributed by atoms with Crippen molar-refractivity contribution in [1.82, 2.24) is 4.98 Å². The summed E-state index contributed by atoms with van der Waals surface area (Å²) in [7, 11) is 0. The molecule has 0 unspecified atom stereocenters. The minimum atomic E-state index is -0.285. The fourth-order valence-corrected chi connectivity index (χ4v) is 3.78. The Morgan fingerprint density at radius 1 is 0.935 bits per heavy atom. The van der Waals surface area contributed by atoms with Crippen LogP contribution < -0.4 is 19.5 Å². The maximum Gasteiger partial charge on any atom is 0.257 e. The number of hydrogen-bond acceptors (Lipinski definition) is 6. The van der Waals surface area contributed by atoms with E-state index in [0.717, 1.165) is 17.7 Å². The molecule has 1 N–H and O–H groups in total. The van der Waals surface area contributed by atoms with E-state index in [2.05, 4.69) is 41.5 Å². The number of aryl methyl sites for hydroxylation is 1. The lowest BCUT2D eigenvalue weighted by Gasteiger charge is -2.16.